The van der Waals surface area contributed by atoms with E-state index in [1.165, 1.54) is 89.0 Å². The summed E-state index contributed by atoms with van der Waals surface area (Å²) in [7, 11) is 0. The van der Waals surface area contributed by atoms with Crippen LogP contribution in [-0.2, 0) is 16.2 Å². The highest BCUT2D eigenvalue weighted by atomic mass is 15.1. The summed E-state index contributed by atoms with van der Waals surface area (Å²) in [4.78, 5) is 2.53. The van der Waals surface area contributed by atoms with Gasteiger partial charge in [-0.2, -0.15) is 0 Å². The Hall–Kier alpha value is -8.00. The maximum absolute atomic E-state index is 2.54. The summed E-state index contributed by atoms with van der Waals surface area (Å²) >= 11 is 0. The third-order valence-electron chi connectivity index (χ3n) is 15.2. The van der Waals surface area contributed by atoms with E-state index in [9.17, 15) is 0 Å². The van der Waals surface area contributed by atoms with Crippen LogP contribution < -0.4 is 4.90 Å². The fraction of sp³-hybridized carbons (Fsp3) is 0.0769. The molecule has 1 spiro atoms. The van der Waals surface area contributed by atoms with Crippen LogP contribution in [0.15, 0.2) is 249 Å². The molecule has 0 amide bonds. The number of benzene rings is 10. The maximum Gasteiger partial charge on any atom is 0.0720 e. The van der Waals surface area contributed by atoms with Crippen molar-refractivity contribution in [2.24, 2.45) is 0 Å². The minimum absolute atomic E-state index is 0.157. The number of para-hydroxylation sites is 1. The van der Waals surface area contributed by atoms with E-state index in [-0.39, 0.29) is 5.41 Å². The number of hydrogen-bond donors (Lipinski definition) is 0. The Bertz CT molecular complexity index is 3420. The molecule has 0 aliphatic heterocycles. The molecule has 0 saturated heterocycles. The number of nitrogens with zero attached hydrogens (tertiary/aromatic N) is 1. The van der Waals surface area contributed by atoms with Crippen molar-refractivity contribution < 1.29 is 0 Å². The quantitative estimate of drug-likeness (QED) is 0.161. The van der Waals surface area contributed by atoms with Gasteiger partial charge in [0.1, 0.15) is 0 Å². The Morgan fingerprint density at radius 1 is 0.273 bits per heavy atom. The molecule has 0 saturated carbocycles. The first-order valence-electron chi connectivity index (χ1n) is 23.3. The number of hydrogen-bond acceptors (Lipinski definition) is 1. The predicted molar refractivity (Wildman–Crippen MR) is 273 cm³/mol. The second-order valence-electron chi connectivity index (χ2n) is 18.7. The van der Waals surface area contributed by atoms with Gasteiger partial charge in [-0.3, -0.25) is 0 Å². The third-order valence-corrected chi connectivity index (χ3v) is 15.2. The number of rotatable bonds is 6. The molecule has 13 rings (SSSR count). The monoisotopic (exact) mass is 841 g/mol. The Labute approximate surface area is 388 Å². The van der Waals surface area contributed by atoms with Crippen molar-refractivity contribution >= 4 is 17.1 Å². The summed E-state index contributed by atoms with van der Waals surface area (Å²) in [6, 6.07) is 93.4. The van der Waals surface area contributed by atoms with Crippen LogP contribution >= 0.6 is 0 Å². The molecular weight excluding hydrogens is 795 g/mol. The van der Waals surface area contributed by atoms with Gasteiger partial charge in [-0.05, 0) is 114 Å². The van der Waals surface area contributed by atoms with Crippen molar-refractivity contribution in [1.82, 2.24) is 0 Å². The van der Waals surface area contributed by atoms with Gasteiger partial charge in [-0.25, -0.2) is 0 Å². The van der Waals surface area contributed by atoms with Gasteiger partial charge in [-0.1, -0.05) is 232 Å². The second kappa shape index (κ2) is 14.5. The molecule has 10 aromatic rings. The van der Waals surface area contributed by atoms with Crippen LogP contribution in [0.5, 0.6) is 0 Å². The van der Waals surface area contributed by atoms with Crippen molar-refractivity contribution in [1.29, 1.82) is 0 Å². The molecule has 0 unspecified atom stereocenters. The molecule has 1 heteroatoms. The van der Waals surface area contributed by atoms with Gasteiger partial charge in [0.15, 0.2) is 0 Å². The first-order chi connectivity index (χ1) is 32.5. The van der Waals surface area contributed by atoms with Crippen molar-refractivity contribution in [3.63, 3.8) is 0 Å². The molecule has 3 aliphatic rings. The van der Waals surface area contributed by atoms with Crippen LogP contribution in [0.3, 0.4) is 0 Å². The van der Waals surface area contributed by atoms with Crippen LogP contribution in [0, 0.1) is 0 Å². The SMILES string of the molecule is CC1(C)c2ccccc2-c2ccc(N(c3ccc4c(c3)C3(c5ccccc5-4)c4ccccc4C(c4ccccc4)(c4ccccc4)c4ccccc43)c3ccccc3-c3ccccc3)cc21. The Morgan fingerprint density at radius 3 is 1.21 bits per heavy atom. The fourth-order valence-corrected chi connectivity index (χ4v) is 12.5. The summed E-state index contributed by atoms with van der Waals surface area (Å²) < 4.78 is 0. The number of anilines is 3. The van der Waals surface area contributed by atoms with Crippen LogP contribution in [0.1, 0.15) is 69.5 Å². The van der Waals surface area contributed by atoms with E-state index in [2.05, 4.69) is 267 Å². The zero-order chi connectivity index (χ0) is 44.0. The molecule has 3 aliphatic carbocycles. The normalized spacial score (nSPS) is 14.9. The lowest BCUT2D eigenvalue weighted by atomic mass is 9.51. The predicted octanol–water partition coefficient (Wildman–Crippen LogP) is 16.2. The highest BCUT2D eigenvalue weighted by Crippen LogP contribution is 2.65. The van der Waals surface area contributed by atoms with Crippen molar-refractivity contribution in [3.8, 4) is 33.4 Å². The lowest BCUT2D eigenvalue weighted by Gasteiger charge is -2.50. The van der Waals surface area contributed by atoms with E-state index in [1.54, 1.807) is 0 Å². The third kappa shape index (κ3) is 5.17. The summed E-state index contributed by atoms with van der Waals surface area (Å²) in [6.07, 6.45) is 0. The number of fused-ring (bicyclic) bond motifs is 12. The first kappa shape index (κ1) is 38.5. The molecule has 1 nitrogen and oxygen atoms in total. The van der Waals surface area contributed by atoms with Gasteiger partial charge in [0.2, 0.25) is 0 Å². The molecule has 0 N–H and O–H groups in total. The van der Waals surface area contributed by atoms with Crippen molar-refractivity contribution in [2.75, 3.05) is 4.90 Å². The van der Waals surface area contributed by atoms with Crippen LogP contribution in [0.4, 0.5) is 17.1 Å². The summed E-state index contributed by atoms with van der Waals surface area (Å²) in [6.45, 7) is 4.76. The molecule has 0 radical (unpaired) electrons. The van der Waals surface area contributed by atoms with Gasteiger partial charge >= 0.3 is 0 Å². The molecule has 0 fully saturated rings. The van der Waals surface area contributed by atoms with Crippen molar-refractivity contribution in [2.45, 2.75) is 30.1 Å². The van der Waals surface area contributed by atoms with Gasteiger partial charge < -0.3 is 4.90 Å². The van der Waals surface area contributed by atoms with E-state index >= 15 is 0 Å². The van der Waals surface area contributed by atoms with Gasteiger partial charge in [0, 0.05) is 22.4 Å². The lowest BCUT2D eigenvalue weighted by Crippen LogP contribution is -2.44. The molecule has 0 bridgehead atoms. The molecule has 312 valence electrons. The average molecular weight is 842 g/mol. The first-order valence-corrected chi connectivity index (χ1v) is 23.3. The topological polar surface area (TPSA) is 3.24 Å². The highest BCUT2D eigenvalue weighted by Gasteiger charge is 2.56. The smallest absolute Gasteiger partial charge is 0.0720 e. The van der Waals surface area contributed by atoms with E-state index in [4.69, 9.17) is 0 Å². The second-order valence-corrected chi connectivity index (χ2v) is 18.7. The largest absolute Gasteiger partial charge is 0.310 e. The lowest BCUT2D eigenvalue weighted by molar-refractivity contribution is 0.623. The average Bonchev–Trinajstić information content (AvgIpc) is 3.80. The molecule has 10 aromatic carbocycles. The molecule has 0 atom stereocenters. The van der Waals surface area contributed by atoms with Crippen molar-refractivity contribution in [3.05, 3.63) is 304 Å². The van der Waals surface area contributed by atoms with E-state index in [0.29, 0.717) is 0 Å². The minimum atomic E-state index is -0.617. The molecular formula is C65H47N. The van der Waals surface area contributed by atoms with Gasteiger partial charge in [-0.15, -0.1) is 0 Å². The zero-order valence-corrected chi connectivity index (χ0v) is 37.1. The summed E-state index contributed by atoms with van der Waals surface area (Å²) in [5.41, 5.74) is 22.7. The molecule has 0 heterocycles. The Morgan fingerprint density at radius 2 is 0.652 bits per heavy atom. The fourth-order valence-electron chi connectivity index (χ4n) is 12.5. The Kier molecular flexibility index (Phi) is 8.45. The molecule has 66 heavy (non-hydrogen) atoms. The van der Waals surface area contributed by atoms with Crippen LogP contribution in [0.2, 0.25) is 0 Å². The Balaban J connectivity index is 1.12. The molecule has 0 aromatic heterocycles. The van der Waals surface area contributed by atoms with Gasteiger partial charge in [0.05, 0.1) is 16.5 Å². The summed E-state index contributed by atoms with van der Waals surface area (Å²) in [5, 5.41) is 0. The summed E-state index contributed by atoms with van der Waals surface area (Å²) in [5.74, 6) is 0. The maximum atomic E-state index is 2.54. The zero-order valence-electron chi connectivity index (χ0n) is 37.1. The van der Waals surface area contributed by atoms with E-state index in [1.807, 2.05) is 0 Å². The standard InChI is InChI=1S/C65H47N/c1-63(2)54-31-15-12-29-50(54)52-40-38-47(42-60(52)63)66(62-37-21-14-28-49(62)44-22-6-3-7-23-44)48-39-41-53-51-30-13-16-32-55(51)65(61(53)43-48)58-35-19-17-33-56(58)64(45-24-8-4-9-25-45,46-26-10-5-11-27-46)57-34-18-20-36-59(57)65/h3-43H,1-2H3. The van der Waals surface area contributed by atoms with Gasteiger partial charge in [0.25, 0.3) is 0 Å². The van der Waals surface area contributed by atoms with E-state index < -0.39 is 10.8 Å². The highest BCUT2D eigenvalue weighted by molar-refractivity contribution is 5.95. The minimum Gasteiger partial charge on any atom is -0.310 e. The van der Waals surface area contributed by atoms with Crippen LogP contribution in [-0.4, -0.2) is 0 Å². The van der Waals surface area contributed by atoms with Crippen LogP contribution in [0.25, 0.3) is 33.4 Å². The van der Waals surface area contributed by atoms with E-state index in [0.717, 1.165) is 17.1 Å².